The lowest BCUT2D eigenvalue weighted by Crippen LogP contribution is -3.00. The van der Waals surface area contributed by atoms with Gasteiger partial charge >= 0.3 is 0 Å². The molecule has 0 rings (SSSR count). The molecule has 0 unspecified atom stereocenters. The second kappa shape index (κ2) is 15.5. The van der Waals surface area contributed by atoms with Crippen LogP contribution in [0.25, 0.3) is 0 Å². The zero-order valence-corrected chi connectivity index (χ0v) is 13.4. The number of quaternary nitrogens is 2. The molecule has 0 saturated heterocycles. The lowest BCUT2D eigenvalue weighted by molar-refractivity contribution is -0.928. The van der Waals surface area contributed by atoms with Crippen LogP contribution < -0.4 is 31.0 Å². The second-order valence-electron chi connectivity index (χ2n) is 4.24. The van der Waals surface area contributed by atoms with Gasteiger partial charge in [0.2, 0.25) is 0 Å². The monoisotopic (exact) mass is 274 g/mol. The van der Waals surface area contributed by atoms with Gasteiger partial charge in [-0.15, -0.1) is 0 Å². The molecule has 104 valence electrons. The highest BCUT2D eigenvalue weighted by molar-refractivity contribution is 4.43. The molecule has 2 nitrogen and oxygen atoms in total. The maximum absolute atomic E-state index is 2.31. The summed E-state index contributed by atoms with van der Waals surface area (Å²) in [7, 11) is 0. The SMILES string of the molecule is CCC[N+](CCC)(CCC)CCC.[Cl-].[Cl-].[NH4+]. The average Bonchev–Trinajstić information content (AvgIpc) is 2.06. The third-order valence-corrected chi connectivity index (χ3v) is 2.79. The number of hydrogen-bond donors (Lipinski definition) is 1. The summed E-state index contributed by atoms with van der Waals surface area (Å²) < 4.78 is 1.38. The Bertz CT molecular complexity index is 92.1. The molecule has 16 heavy (non-hydrogen) atoms. The highest BCUT2D eigenvalue weighted by Crippen LogP contribution is 2.12. The van der Waals surface area contributed by atoms with Gasteiger partial charge < -0.3 is 35.4 Å². The van der Waals surface area contributed by atoms with E-state index >= 15 is 0 Å². The summed E-state index contributed by atoms with van der Waals surface area (Å²) in [5.41, 5.74) is 0. The Balaban J connectivity index is -0.000000240. The van der Waals surface area contributed by atoms with Crippen molar-refractivity contribution in [1.29, 1.82) is 0 Å². The van der Waals surface area contributed by atoms with Gasteiger partial charge in [0.1, 0.15) is 0 Å². The van der Waals surface area contributed by atoms with Crippen LogP contribution >= 0.6 is 0 Å². The van der Waals surface area contributed by atoms with Crippen LogP contribution in [0.5, 0.6) is 0 Å². The topological polar surface area (TPSA) is 36.5 Å². The smallest absolute Gasteiger partial charge is 0.0783 e. The summed E-state index contributed by atoms with van der Waals surface area (Å²) in [6, 6.07) is 0. The van der Waals surface area contributed by atoms with Gasteiger partial charge in [0, 0.05) is 0 Å². The third kappa shape index (κ3) is 9.71. The predicted octanol–water partition coefficient (Wildman–Crippen LogP) is -2.17. The summed E-state index contributed by atoms with van der Waals surface area (Å²) in [4.78, 5) is 0. The standard InChI is InChI=1S/C12H28N.2ClH.H3N/c1-5-9-13(10-6-2,11-7-3)12-8-4;;;/h5-12H2,1-4H3;2*1H;1H3/q+1;;;/p-1. The van der Waals surface area contributed by atoms with E-state index in [4.69, 9.17) is 0 Å². The molecule has 0 aliphatic rings. The van der Waals surface area contributed by atoms with Crippen molar-refractivity contribution in [3.63, 3.8) is 0 Å². The molecule has 0 aromatic rings. The van der Waals surface area contributed by atoms with Crippen LogP contribution in [-0.4, -0.2) is 30.7 Å². The largest absolute Gasteiger partial charge is 1.00 e. The minimum Gasteiger partial charge on any atom is -1.00 e. The maximum atomic E-state index is 2.31. The van der Waals surface area contributed by atoms with E-state index in [0.717, 1.165) is 0 Å². The van der Waals surface area contributed by atoms with E-state index < -0.39 is 0 Å². The number of halogens is 2. The highest BCUT2D eigenvalue weighted by Gasteiger charge is 2.22. The van der Waals surface area contributed by atoms with E-state index in [1.807, 2.05) is 0 Å². The molecule has 4 N–H and O–H groups in total. The first kappa shape index (κ1) is 25.4. The number of rotatable bonds is 8. The normalized spacial score (nSPS) is 9.75. The van der Waals surface area contributed by atoms with E-state index in [1.54, 1.807) is 0 Å². The lowest BCUT2D eigenvalue weighted by atomic mass is 10.2. The quantitative estimate of drug-likeness (QED) is 0.490. The van der Waals surface area contributed by atoms with Crippen molar-refractivity contribution >= 4 is 0 Å². The van der Waals surface area contributed by atoms with Gasteiger partial charge in [-0.3, -0.25) is 0 Å². The van der Waals surface area contributed by atoms with Crippen LogP contribution in [0.1, 0.15) is 53.4 Å². The molecular weight excluding hydrogens is 243 g/mol. The van der Waals surface area contributed by atoms with Crippen LogP contribution in [-0.2, 0) is 0 Å². The van der Waals surface area contributed by atoms with Gasteiger partial charge in [-0.1, -0.05) is 27.7 Å². The maximum Gasteiger partial charge on any atom is 0.0783 e. The van der Waals surface area contributed by atoms with Gasteiger partial charge in [0.25, 0.3) is 0 Å². The van der Waals surface area contributed by atoms with Gasteiger partial charge in [0.15, 0.2) is 0 Å². The molecule has 0 fully saturated rings. The molecule has 0 aromatic heterocycles. The highest BCUT2D eigenvalue weighted by atomic mass is 35.5. The molecule has 0 aromatic carbocycles. The van der Waals surface area contributed by atoms with E-state index in [9.17, 15) is 0 Å². The fourth-order valence-corrected chi connectivity index (χ4v) is 2.57. The van der Waals surface area contributed by atoms with E-state index in [1.165, 1.54) is 56.3 Å². The van der Waals surface area contributed by atoms with Gasteiger partial charge in [-0.25, -0.2) is 0 Å². The molecule has 4 heteroatoms. The van der Waals surface area contributed by atoms with Crippen LogP contribution in [0.15, 0.2) is 0 Å². The van der Waals surface area contributed by atoms with Crippen molar-refractivity contribution in [1.82, 2.24) is 6.15 Å². The third-order valence-electron chi connectivity index (χ3n) is 2.79. The van der Waals surface area contributed by atoms with Crippen molar-refractivity contribution in [2.45, 2.75) is 53.4 Å². The molecular formula is C12H32Cl2N2. The predicted molar refractivity (Wildman–Crippen MR) is 66.9 cm³/mol. The Morgan fingerprint density at radius 1 is 0.562 bits per heavy atom. The molecule has 0 heterocycles. The fourth-order valence-electron chi connectivity index (χ4n) is 2.57. The van der Waals surface area contributed by atoms with E-state index in [0.29, 0.717) is 0 Å². The van der Waals surface area contributed by atoms with Gasteiger partial charge in [-0.2, -0.15) is 0 Å². The van der Waals surface area contributed by atoms with Gasteiger partial charge in [0.05, 0.1) is 26.2 Å². The number of nitrogens with zero attached hydrogens (tertiary/aromatic N) is 1. The molecule has 0 atom stereocenters. The fraction of sp³-hybridized carbons (Fsp3) is 1.00. The first-order valence-corrected chi connectivity index (χ1v) is 6.09. The Morgan fingerprint density at radius 3 is 0.875 bits per heavy atom. The van der Waals surface area contributed by atoms with Crippen molar-refractivity contribution in [3.05, 3.63) is 0 Å². The summed E-state index contributed by atoms with van der Waals surface area (Å²) in [6.07, 6.45) is 5.33. The minimum atomic E-state index is 0. The Labute approximate surface area is 115 Å². The molecule has 0 saturated carbocycles. The van der Waals surface area contributed by atoms with Crippen LogP contribution in [0.4, 0.5) is 0 Å². The van der Waals surface area contributed by atoms with Crippen molar-refractivity contribution in [2.75, 3.05) is 26.2 Å². The molecule has 0 spiro atoms. The molecule has 0 bridgehead atoms. The minimum absolute atomic E-state index is 0. The Kier molecular flexibility index (Phi) is 24.6. The van der Waals surface area contributed by atoms with Crippen LogP contribution in [0, 0.1) is 0 Å². The van der Waals surface area contributed by atoms with Crippen molar-refractivity contribution in [2.24, 2.45) is 0 Å². The Morgan fingerprint density at radius 2 is 0.750 bits per heavy atom. The lowest BCUT2D eigenvalue weighted by Gasteiger charge is -2.38. The molecule has 0 amide bonds. The zero-order valence-electron chi connectivity index (χ0n) is 11.9. The van der Waals surface area contributed by atoms with Crippen molar-refractivity contribution < 1.29 is 29.3 Å². The second-order valence-corrected chi connectivity index (χ2v) is 4.24. The number of hydrogen-bond acceptors (Lipinski definition) is 0. The first-order valence-electron chi connectivity index (χ1n) is 6.09. The van der Waals surface area contributed by atoms with Crippen molar-refractivity contribution in [3.8, 4) is 0 Å². The van der Waals surface area contributed by atoms with Crippen LogP contribution in [0.2, 0.25) is 0 Å². The van der Waals surface area contributed by atoms with Gasteiger partial charge in [-0.05, 0) is 25.7 Å². The summed E-state index contributed by atoms with van der Waals surface area (Å²) in [6.45, 7) is 14.8. The van der Waals surface area contributed by atoms with E-state index in [2.05, 4.69) is 27.7 Å². The average molecular weight is 275 g/mol. The molecule has 0 aliphatic carbocycles. The Hall–Kier alpha value is 0.500. The molecule has 0 aliphatic heterocycles. The zero-order chi connectivity index (χ0) is 10.2. The summed E-state index contributed by atoms with van der Waals surface area (Å²) in [5, 5.41) is 0. The first-order chi connectivity index (χ1) is 6.24. The molecule has 0 radical (unpaired) electrons. The summed E-state index contributed by atoms with van der Waals surface area (Å²) in [5.74, 6) is 0. The van der Waals surface area contributed by atoms with E-state index in [-0.39, 0.29) is 31.0 Å². The summed E-state index contributed by atoms with van der Waals surface area (Å²) >= 11 is 0. The van der Waals surface area contributed by atoms with Crippen LogP contribution in [0.3, 0.4) is 0 Å².